The van der Waals surface area contributed by atoms with Gasteiger partial charge in [-0.3, -0.25) is 4.79 Å². The smallest absolute Gasteiger partial charge is 0.302 e. The molecular formula is C11H26O4. The lowest BCUT2D eigenvalue weighted by Crippen LogP contribution is -1.88. The summed E-state index contributed by atoms with van der Waals surface area (Å²) in [5, 5.41) is 16.1. The average Bonchev–Trinajstić information content (AvgIpc) is 2.22. The van der Waals surface area contributed by atoms with Gasteiger partial charge in [-0.1, -0.05) is 26.7 Å². The second-order valence-electron chi connectivity index (χ2n) is 2.85. The standard InChI is InChI=1S/2C4H10O.C3H6O2/c2*1-2-3-4-5;1-3(4)5-2/h2*5H,2-4H2,1H3;1-2H3. The van der Waals surface area contributed by atoms with Gasteiger partial charge < -0.3 is 14.9 Å². The molecule has 94 valence electrons. The molecule has 0 atom stereocenters. The van der Waals surface area contributed by atoms with E-state index in [1.54, 1.807) is 0 Å². The molecule has 2 N–H and O–H groups in total. The number of carbonyl (C=O) groups excluding carboxylic acids is 1. The number of hydrogen-bond acceptors (Lipinski definition) is 4. The van der Waals surface area contributed by atoms with Crippen molar-refractivity contribution in [3.63, 3.8) is 0 Å². The topological polar surface area (TPSA) is 66.8 Å². The Labute approximate surface area is 93.3 Å². The van der Waals surface area contributed by atoms with Gasteiger partial charge in [0.05, 0.1) is 7.11 Å². The molecule has 0 aromatic carbocycles. The van der Waals surface area contributed by atoms with Crippen LogP contribution in [0, 0.1) is 0 Å². The van der Waals surface area contributed by atoms with E-state index in [1.165, 1.54) is 14.0 Å². The summed E-state index contributed by atoms with van der Waals surface area (Å²) in [6.07, 6.45) is 4.08. The molecule has 0 aromatic rings. The molecule has 4 nitrogen and oxygen atoms in total. The second-order valence-corrected chi connectivity index (χ2v) is 2.85. The summed E-state index contributed by atoms with van der Waals surface area (Å²) in [5.74, 6) is -0.245. The molecule has 0 fully saturated rings. The highest BCUT2D eigenvalue weighted by molar-refractivity contribution is 5.65. The molecule has 0 bridgehead atoms. The van der Waals surface area contributed by atoms with E-state index < -0.39 is 0 Å². The van der Waals surface area contributed by atoms with Gasteiger partial charge in [0.25, 0.3) is 0 Å². The Bertz CT molecular complexity index is 94.8. The number of methoxy groups -OCH3 is 1. The number of esters is 1. The maximum absolute atomic E-state index is 9.59. The van der Waals surface area contributed by atoms with Crippen LogP contribution in [0.5, 0.6) is 0 Å². The predicted molar refractivity (Wildman–Crippen MR) is 61.7 cm³/mol. The first-order valence-corrected chi connectivity index (χ1v) is 5.36. The van der Waals surface area contributed by atoms with Crippen LogP contribution >= 0.6 is 0 Å². The molecular weight excluding hydrogens is 196 g/mol. The van der Waals surface area contributed by atoms with E-state index in [9.17, 15) is 4.79 Å². The Morgan fingerprint density at radius 1 is 1.07 bits per heavy atom. The molecule has 15 heavy (non-hydrogen) atoms. The van der Waals surface area contributed by atoms with Crippen LogP contribution in [-0.2, 0) is 9.53 Å². The molecule has 0 spiro atoms. The third kappa shape index (κ3) is 59.8. The molecule has 0 saturated carbocycles. The van der Waals surface area contributed by atoms with E-state index in [0.29, 0.717) is 13.2 Å². The predicted octanol–water partition coefficient (Wildman–Crippen LogP) is 1.74. The summed E-state index contributed by atoms with van der Waals surface area (Å²) < 4.78 is 4.11. The third-order valence-electron chi connectivity index (χ3n) is 1.31. The molecule has 0 aliphatic carbocycles. The van der Waals surface area contributed by atoms with Gasteiger partial charge in [-0.2, -0.15) is 0 Å². The van der Waals surface area contributed by atoms with Gasteiger partial charge in [0.15, 0.2) is 0 Å². The minimum atomic E-state index is -0.245. The average molecular weight is 222 g/mol. The largest absolute Gasteiger partial charge is 0.469 e. The number of hydrogen-bond donors (Lipinski definition) is 2. The van der Waals surface area contributed by atoms with Crippen LogP contribution in [0.25, 0.3) is 0 Å². The van der Waals surface area contributed by atoms with Crippen molar-refractivity contribution < 1.29 is 19.7 Å². The van der Waals surface area contributed by atoms with Crippen LogP contribution in [-0.4, -0.2) is 36.5 Å². The van der Waals surface area contributed by atoms with Crippen molar-refractivity contribution in [3.05, 3.63) is 0 Å². The summed E-state index contributed by atoms with van der Waals surface area (Å²) in [6, 6.07) is 0. The van der Waals surface area contributed by atoms with Gasteiger partial charge in [0.1, 0.15) is 0 Å². The van der Waals surface area contributed by atoms with Gasteiger partial charge >= 0.3 is 5.97 Å². The van der Waals surface area contributed by atoms with E-state index in [2.05, 4.69) is 18.6 Å². The summed E-state index contributed by atoms with van der Waals surface area (Å²) >= 11 is 0. The van der Waals surface area contributed by atoms with E-state index >= 15 is 0 Å². The van der Waals surface area contributed by atoms with Crippen molar-refractivity contribution in [1.29, 1.82) is 0 Å². The van der Waals surface area contributed by atoms with Gasteiger partial charge in [-0.25, -0.2) is 0 Å². The lowest BCUT2D eigenvalue weighted by Gasteiger charge is -1.80. The Kier molecular flexibility index (Phi) is 30.9. The molecule has 0 aliphatic heterocycles. The van der Waals surface area contributed by atoms with Crippen molar-refractivity contribution in [3.8, 4) is 0 Å². The van der Waals surface area contributed by atoms with Gasteiger partial charge in [0.2, 0.25) is 0 Å². The Morgan fingerprint density at radius 3 is 1.33 bits per heavy atom. The highest BCUT2D eigenvalue weighted by Gasteiger charge is 1.75. The van der Waals surface area contributed by atoms with Crippen LogP contribution in [0.15, 0.2) is 0 Å². The molecule has 0 radical (unpaired) electrons. The van der Waals surface area contributed by atoms with Crippen molar-refractivity contribution in [2.24, 2.45) is 0 Å². The van der Waals surface area contributed by atoms with E-state index in [4.69, 9.17) is 10.2 Å². The zero-order valence-electron chi connectivity index (χ0n) is 10.5. The Hall–Kier alpha value is -0.610. The summed E-state index contributed by atoms with van der Waals surface area (Å²) in [5.41, 5.74) is 0. The van der Waals surface area contributed by atoms with Gasteiger partial charge in [-0.05, 0) is 12.8 Å². The van der Waals surface area contributed by atoms with Crippen molar-refractivity contribution in [1.82, 2.24) is 0 Å². The fourth-order valence-corrected chi connectivity index (χ4v) is 0.316. The lowest BCUT2D eigenvalue weighted by molar-refractivity contribution is -0.137. The van der Waals surface area contributed by atoms with Crippen LogP contribution in [0.3, 0.4) is 0 Å². The Balaban J connectivity index is -0.000000144. The normalized spacial score (nSPS) is 7.87. The summed E-state index contributed by atoms with van der Waals surface area (Å²) in [4.78, 5) is 9.59. The molecule has 0 amide bonds. The third-order valence-corrected chi connectivity index (χ3v) is 1.31. The first kappa shape index (κ1) is 19.9. The van der Waals surface area contributed by atoms with Crippen molar-refractivity contribution in [2.75, 3.05) is 20.3 Å². The number of carbonyl (C=O) groups is 1. The van der Waals surface area contributed by atoms with E-state index in [1.807, 2.05) is 0 Å². The summed E-state index contributed by atoms with van der Waals surface area (Å²) in [7, 11) is 1.35. The number of aliphatic hydroxyl groups excluding tert-OH is 2. The molecule has 0 rings (SSSR count). The highest BCUT2D eigenvalue weighted by Crippen LogP contribution is 1.79. The lowest BCUT2D eigenvalue weighted by atomic mass is 10.4. The Morgan fingerprint density at radius 2 is 1.33 bits per heavy atom. The second kappa shape index (κ2) is 23.3. The number of aliphatic hydroxyl groups is 2. The molecule has 0 unspecified atom stereocenters. The van der Waals surface area contributed by atoms with Crippen LogP contribution in [0.2, 0.25) is 0 Å². The fourth-order valence-electron chi connectivity index (χ4n) is 0.316. The monoisotopic (exact) mass is 222 g/mol. The SMILES string of the molecule is CCCCO.CCCCO.COC(C)=O. The first-order valence-electron chi connectivity index (χ1n) is 5.36. The zero-order valence-corrected chi connectivity index (χ0v) is 10.5. The maximum Gasteiger partial charge on any atom is 0.302 e. The van der Waals surface area contributed by atoms with Gasteiger partial charge in [-0.15, -0.1) is 0 Å². The first-order chi connectivity index (χ1) is 7.10. The van der Waals surface area contributed by atoms with Crippen LogP contribution in [0.4, 0.5) is 0 Å². The van der Waals surface area contributed by atoms with E-state index in [-0.39, 0.29) is 5.97 Å². The number of rotatable bonds is 4. The van der Waals surface area contributed by atoms with Crippen LogP contribution in [0.1, 0.15) is 46.5 Å². The minimum Gasteiger partial charge on any atom is -0.469 e. The number of unbranched alkanes of at least 4 members (excludes halogenated alkanes) is 2. The number of ether oxygens (including phenoxy) is 1. The molecule has 0 heterocycles. The zero-order chi connectivity index (χ0) is 12.5. The molecule has 0 aromatic heterocycles. The van der Waals surface area contributed by atoms with Crippen LogP contribution < -0.4 is 0 Å². The van der Waals surface area contributed by atoms with E-state index in [0.717, 1.165) is 25.7 Å². The molecule has 4 heteroatoms. The van der Waals surface area contributed by atoms with Crippen molar-refractivity contribution >= 4 is 5.97 Å². The quantitative estimate of drug-likeness (QED) is 0.711. The fraction of sp³-hybridized carbons (Fsp3) is 0.909. The summed E-state index contributed by atoms with van der Waals surface area (Å²) in [6.45, 7) is 6.15. The molecule has 0 saturated heterocycles. The van der Waals surface area contributed by atoms with Crippen molar-refractivity contribution in [2.45, 2.75) is 46.5 Å². The minimum absolute atomic E-state index is 0.245. The maximum atomic E-state index is 9.59. The van der Waals surface area contributed by atoms with Gasteiger partial charge in [0, 0.05) is 20.1 Å². The highest BCUT2D eigenvalue weighted by atomic mass is 16.5. The molecule has 0 aliphatic rings.